The summed E-state index contributed by atoms with van der Waals surface area (Å²) in [5.41, 5.74) is 7.96. The van der Waals surface area contributed by atoms with E-state index in [4.69, 9.17) is 0 Å². The summed E-state index contributed by atoms with van der Waals surface area (Å²) >= 11 is 1.70. The third kappa shape index (κ3) is 3.97. The fraction of sp³-hybridized carbons (Fsp3) is 0.250. The van der Waals surface area contributed by atoms with Gasteiger partial charge < -0.3 is 0 Å². The predicted octanol–water partition coefficient (Wildman–Crippen LogP) is 6.01. The number of aromatic nitrogens is 3. The lowest BCUT2D eigenvalue weighted by atomic mass is 10.0. The minimum absolute atomic E-state index is 0.743. The molecule has 0 aliphatic heterocycles. The van der Waals surface area contributed by atoms with E-state index in [0.717, 1.165) is 17.5 Å². The number of hydrogen-bond donors (Lipinski definition) is 0. The molecule has 0 fully saturated rings. The number of benzene rings is 3. The summed E-state index contributed by atoms with van der Waals surface area (Å²) in [7, 11) is 0. The van der Waals surface area contributed by atoms with Crippen LogP contribution in [-0.2, 0) is 12.3 Å². The summed E-state index contributed by atoms with van der Waals surface area (Å²) in [6, 6.07) is 17.5. The lowest BCUT2D eigenvalue weighted by molar-refractivity contribution is 0.664. The second-order valence-corrected chi connectivity index (χ2v) is 8.46. The third-order valence-electron chi connectivity index (χ3n) is 5.24. The van der Waals surface area contributed by atoms with Crippen LogP contribution in [0.2, 0.25) is 0 Å². The Morgan fingerprint density at radius 1 is 0.857 bits per heavy atom. The maximum absolute atomic E-state index is 4.69. The van der Waals surface area contributed by atoms with E-state index >= 15 is 0 Å². The van der Waals surface area contributed by atoms with Gasteiger partial charge in [0, 0.05) is 5.75 Å². The molecule has 1 heterocycles. The Morgan fingerprint density at radius 2 is 1.54 bits per heavy atom. The van der Waals surface area contributed by atoms with Crippen molar-refractivity contribution in [1.29, 1.82) is 0 Å². The van der Waals surface area contributed by atoms with Crippen LogP contribution in [0.3, 0.4) is 0 Å². The van der Waals surface area contributed by atoms with Crippen molar-refractivity contribution in [2.24, 2.45) is 0 Å². The van der Waals surface area contributed by atoms with Gasteiger partial charge in [-0.1, -0.05) is 59.8 Å². The molecule has 3 nitrogen and oxygen atoms in total. The first-order valence-electron chi connectivity index (χ1n) is 9.57. The maximum atomic E-state index is 4.69. The van der Waals surface area contributed by atoms with Crippen molar-refractivity contribution in [2.75, 3.05) is 0 Å². The Balaban J connectivity index is 1.49. The van der Waals surface area contributed by atoms with Crippen LogP contribution in [0, 0.1) is 27.7 Å². The molecule has 0 radical (unpaired) electrons. The first-order valence-corrected chi connectivity index (χ1v) is 10.6. The van der Waals surface area contributed by atoms with Crippen molar-refractivity contribution in [3.8, 4) is 0 Å². The normalized spacial score (nSPS) is 11.3. The quantitative estimate of drug-likeness (QED) is 0.393. The van der Waals surface area contributed by atoms with E-state index in [1.165, 1.54) is 44.2 Å². The van der Waals surface area contributed by atoms with E-state index < -0.39 is 0 Å². The Bertz CT molecular complexity index is 1120. The van der Waals surface area contributed by atoms with E-state index in [-0.39, 0.29) is 0 Å². The number of fused-ring (bicyclic) bond motifs is 1. The fourth-order valence-electron chi connectivity index (χ4n) is 3.74. The molecular formula is C24H25N3S. The van der Waals surface area contributed by atoms with Crippen LogP contribution < -0.4 is 0 Å². The summed E-state index contributed by atoms with van der Waals surface area (Å²) < 4.78 is 1.94. The van der Waals surface area contributed by atoms with Crippen molar-refractivity contribution >= 4 is 22.5 Å². The zero-order valence-electron chi connectivity index (χ0n) is 16.9. The van der Waals surface area contributed by atoms with Crippen molar-refractivity contribution in [1.82, 2.24) is 14.8 Å². The monoisotopic (exact) mass is 387 g/mol. The Hall–Kier alpha value is -2.59. The van der Waals surface area contributed by atoms with E-state index in [2.05, 4.69) is 86.3 Å². The second-order valence-electron chi connectivity index (χ2n) is 7.52. The molecule has 0 N–H and O–H groups in total. The summed E-state index contributed by atoms with van der Waals surface area (Å²) in [4.78, 5) is 4.51. The SMILES string of the molecule is Cc1cc(C)c(CSc2ncn(Cc3cc4ccccc4cc3C)n2)c(C)c1. The van der Waals surface area contributed by atoms with Gasteiger partial charge in [-0.2, -0.15) is 0 Å². The second kappa shape index (κ2) is 7.80. The molecule has 28 heavy (non-hydrogen) atoms. The van der Waals surface area contributed by atoms with Crippen LogP contribution in [0.4, 0.5) is 0 Å². The van der Waals surface area contributed by atoms with Gasteiger partial charge in [0.15, 0.2) is 0 Å². The molecule has 0 atom stereocenters. The van der Waals surface area contributed by atoms with Gasteiger partial charge in [0.25, 0.3) is 0 Å². The Morgan fingerprint density at radius 3 is 2.25 bits per heavy atom. The summed E-state index contributed by atoms with van der Waals surface area (Å²) in [5.74, 6) is 0.900. The maximum Gasteiger partial charge on any atom is 0.208 e. The third-order valence-corrected chi connectivity index (χ3v) is 6.12. The van der Waals surface area contributed by atoms with Crippen molar-refractivity contribution in [3.63, 3.8) is 0 Å². The average Bonchev–Trinajstić information content (AvgIpc) is 3.09. The predicted molar refractivity (Wildman–Crippen MR) is 118 cm³/mol. The van der Waals surface area contributed by atoms with E-state index in [0.29, 0.717) is 0 Å². The van der Waals surface area contributed by atoms with Gasteiger partial charge in [-0.3, -0.25) is 0 Å². The molecule has 0 saturated heterocycles. The largest absolute Gasteiger partial charge is 0.247 e. The van der Waals surface area contributed by atoms with Crippen molar-refractivity contribution in [2.45, 2.75) is 45.1 Å². The smallest absolute Gasteiger partial charge is 0.208 e. The summed E-state index contributed by atoms with van der Waals surface area (Å²) in [6.07, 6.45) is 1.84. The molecule has 4 rings (SSSR count). The topological polar surface area (TPSA) is 30.7 Å². The van der Waals surface area contributed by atoms with Crippen LogP contribution in [0.25, 0.3) is 10.8 Å². The highest BCUT2D eigenvalue weighted by Crippen LogP contribution is 2.25. The van der Waals surface area contributed by atoms with Gasteiger partial charge >= 0.3 is 0 Å². The summed E-state index contributed by atoms with van der Waals surface area (Å²) in [6.45, 7) is 9.42. The van der Waals surface area contributed by atoms with Crippen LogP contribution >= 0.6 is 11.8 Å². The standard InChI is InChI=1S/C24H25N3S/c1-16-9-18(3)23(19(4)10-16)14-28-24-25-15-27(26-24)13-22-12-21-8-6-5-7-20(21)11-17(22)2/h5-12,15H,13-14H2,1-4H3. The molecule has 3 aromatic carbocycles. The van der Waals surface area contributed by atoms with Gasteiger partial charge in [-0.05, 0) is 72.4 Å². The first-order chi connectivity index (χ1) is 13.5. The minimum atomic E-state index is 0.743. The lowest BCUT2D eigenvalue weighted by Gasteiger charge is -2.10. The highest BCUT2D eigenvalue weighted by atomic mass is 32.2. The molecule has 0 spiro atoms. The molecular weight excluding hydrogens is 362 g/mol. The molecule has 0 unspecified atom stereocenters. The van der Waals surface area contributed by atoms with E-state index in [1.807, 2.05) is 11.0 Å². The minimum Gasteiger partial charge on any atom is -0.247 e. The number of aryl methyl sites for hydroxylation is 4. The van der Waals surface area contributed by atoms with Crippen LogP contribution in [0.15, 0.2) is 60.0 Å². The average molecular weight is 388 g/mol. The highest BCUT2D eigenvalue weighted by molar-refractivity contribution is 7.98. The van der Waals surface area contributed by atoms with Crippen LogP contribution in [-0.4, -0.2) is 14.8 Å². The molecule has 4 heteroatoms. The molecule has 0 aliphatic rings. The fourth-order valence-corrected chi connectivity index (χ4v) is 4.75. The summed E-state index contributed by atoms with van der Waals surface area (Å²) in [5, 5.41) is 8.07. The zero-order chi connectivity index (χ0) is 19.7. The number of rotatable bonds is 5. The molecule has 4 aromatic rings. The lowest BCUT2D eigenvalue weighted by Crippen LogP contribution is -2.02. The van der Waals surface area contributed by atoms with E-state index in [9.17, 15) is 0 Å². The van der Waals surface area contributed by atoms with Gasteiger partial charge in [0.05, 0.1) is 6.54 Å². The highest BCUT2D eigenvalue weighted by Gasteiger charge is 2.09. The van der Waals surface area contributed by atoms with E-state index in [1.54, 1.807) is 11.8 Å². The van der Waals surface area contributed by atoms with Crippen LogP contribution in [0.5, 0.6) is 0 Å². The van der Waals surface area contributed by atoms with Gasteiger partial charge in [-0.25, -0.2) is 9.67 Å². The van der Waals surface area contributed by atoms with Gasteiger partial charge in [0.2, 0.25) is 5.16 Å². The van der Waals surface area contributed by atoms with Crippen molar-refractivity contribution in [3.05, 3.63) is 88.2 Å². The Labute approximate surface area is 170 Å². The molecule has 0 aliphatic carbocycles. The molecule has 0 amide bonds. The molecule has 0 bridgehead atoms. The molecule has 0 saturated carbocycles. The molecule has 142 valence electrons. The van der Waals surface area contributed by atoms with Crippen LogP contribution in [0.1, 0.15) is 33.4 Å². The zero-order valence-corrected chi connectivity index (χ0v) is 17.7. The first kappa shape index (κ1) is 18.8. The van der Waals surface area contributed by atoms with Crippen molar-refractivity contribution < 1.29 is 0 Å². The Kier molecular flexibility index (Phi) is 5.23. The number of nitrogens with zero attached hydrogens (tertiary/aromatic N) is 3. The van der Waals surface area contributed by atoms with Gasteiger partial charge in [0.1, 0.15) is 6.33 Å². The molecule has 1 aromatic heterocycles. The number of hydrogen-bond acceptors (Lipinski definition) is 3. The van der Waals surface area contributed by atoms with Gasteiger partial charge in [-0.15, -0.1) is 5.10 Å². The number of thioether (sulfide) groups is 1.